The van der Waals surface area contributed by atoms with Crippen LogP contribution in [0.15, 0.2) is 0 Å². The smallest absolute Gasteiger partial charge is 0.320 e. The molecule has 0 amide bonds. The van der Waals surface area contributed by atoms with Gasteiger partial charge in [0.25, 0.3) is 0 Å². The minimum Gasteiger partial charge on any atom is -0.459 e. The Morgan fingerprint density at radius 1 is 1.14 bits per heavy atom. The van der Waals surface area contributed by atoms with Crippen LogP contribution in [0.1, 0.15) is 41.5 Å². The van der Waals surface area contributed by atoms with Crippen molar-refractivity contribution in [2.24, 2.45) is 5.41 Å². The maximum atomic E-state index is 11.3. The molecule has 0 aliphatic heterocycles. The zero-order valence-electron chi connectivity index (χ0n) is 10.2. The van der Waals surface area contributed by atoms with Crippen LogP contribution in [-0.4, -0.2) is 24.7 Å². The van der Waals surface area contributed by atoms with Crippen molar-refractivity contribution >= 4 is 5.97 Å². The highest BCUT2D eigenvalue weighted by Gasteiger charge is 2.16. The second-order valence-electron chi connectivity index (χ2n) is 5.75. The van der Waals surface area contributed by atoms with Crippen molar-refractivity contribution in [1.29, 1.82) is 0 Å². The summed E-state index contributed by atoms with van der Waals surface area (Å²) in [6, 6.07) is 0. The summed E-state index contributed by atoms with van der Waals surface area (Å²) in [6.07, 6.45) is 0. The molecular weight excluding hydrogens is 178 g/mol. The molecule has 0 aliphatic rings. The molecule has 0 spiro atoms. The molecule has 0 aromatic heterocycles. The molecular formula is C11H23NO2. The molecule has 0 atom stereocenters. The fourth-order valence-corrected chi connectivity index (χ4v) is 0.917. The van der Waals surface area contributed by atoms with E-state index < -0.39 is 0 Å². The highest BCUT2D eigenvalue weighted by Crippen LogP contribution is 2.10. The van der Waals surface area contributed by atoms with Crippen LogP contribution in [0.5, 0.6) is 0 Å². The summed E-state index contributed by atoms with van der Waals surface area (Å²) in [5, 5.41) is 3.07. The Hall–Kier alpha value is -0.570. The minimum absolute atomic E-state index is 0.193. The molecule has 0 heterocycles. The maximum Gasteiger partial charge on any atom is 0.320 e. The van der Waals surface area contributed by atoms with Crippen LogP contribution >= 0.6 is 0 Å². The molecule has 0 radical (unpaired) electrons. The first-order valence-corrected chi connectivity index (χ1v) is 5.03. The van der Waals surface area contributed by atoms with Gasteiger partial charge in [0.2, 0.25) is 0 Å². The van der Waals surface area contributed by atoms with Crippen molar-refractivity contribution in [1.82, 2.24) is 5.32 Å². The summed E-state index contributed by atoms with van der Waals surface area (Å²) in [5.41, 5.74) is -0.192. The summed E-state index contributed by atoms with van der Waals surface area (Å²) in [6.45, 7) is 13.1. The fourth-order valence-electron chi connectivity index (χ4n) is 0.917. The first-order valence-electron chi connectivity index (χ1n) is 5.03. The Morgan fingerprint density at radius 3 is 2.00 bits per heavy atom. The van der Waals surface area contributed by atoms with E-state index in [9.17, 15) is 4.79 Å². The Morgan fingerprint density at radius 2 is 1.64 bits per heavy atom. The van der Waals surface area contributed by atoms with Gasteiger partial charge in [0.05, 0.1) is 6.54 Å². The Labute approximate surface area is 87.2 Å². The van der Waals surface area contributed by atoms with Crippen LogP contribution in [0.2, 0.25) is 0 Å². The van der Waals surface area contributed by atoms with Crippen LogP contribution in [0.4, 0.5) is 0 Å². The largest absolute Gasteiger partial charge is 0.459 e. The molecule has 0 unspecified atom stereocenters. The molecule has 1 N–H and O–H groups in total. The molecule has 0 rings (SSSR count). The third-order valence-corrected chi connectivity index (χ3v) is 1.34. The second kappa shape index (κ2) is 4.78. The lowest BCUT2D eigenvalue weighted by Gasteiger charge is -2.21. The number of esters is 1. The Kier molecular flexibility index (Phi) is 4.59. The van der Waals surface area contributed by atoms with Crippen LogP contribution in [0.25, 0.3) is 0 Å². The molecule has 0 fully saturated rings. The van der Waals surface area contributed by atoms with Gasteiger partial charge in [0.1, 0.15) is 5.60 Å². The van der Waals surface area contributed by atoms with E-state index in [0.29, 0.717) is 0 Å². The molecule has 0 bridgehead atoms. The quantitative estimate of drug-likeness (QED) is 0.709. The molecule has 84 valence electrons. The number of nitrogens with one attached hydrogen (secondary N) is 1. The number of hydrogen-bond donors (Lipinski definition) is 1. The summed E-state index contributed by atoms with van der Waals surface area (Å²) >= 11 is 0. The molecule has 0 aliphatic carbocycles. The topological polar surface area (TPSA) is 38.3 Å². The monoisotopic (exact) mass is 201 g/mol. The van der Waals surface area contributed by atoms with Crippen molar-refractivity contribution in [2.75, 3.05) is 13.1 Å². The highest BCUT2D eigenvalue weighted by molar-refractivity contribution is 5.72. The van der Waals surface area contributed by atoms with Crippen LogP contribution < -0.4 is 5.32 Å². The highest BCUT2D eigenvalue weighted by atomic mass is 16.6. The van der Waals surface area contributed by atoms with Gasteiger partial charge in [0.15, 0.2) is 0 Å². The molecule has 0 saturated heterocycles. The maximum absolute atomic E-state index is 11.3. The predicted molar refractivity (Wildman–Crippen MR) is 58.2 cm³/mol. The van der Waals surface area contributed by atoms with Crippen molar-refractivity contribution in [3.63, 3.8) is 0 Å². The third kappa shape index (κ3) is 9.52. The van der Waals surface area contributed by atoms with E-state index in [4.69, 9.17) is 4.74 Å². The van der Waals surface area contributed by atoms with Gasteiger partial charge in [-0.2, -0.15) is 0 Å². The summed E-state index contributed by atoms with van der Waals surface area (Å²) in [5.74, 6) is -0.193. The molecule has 0 aromatic rings. The molecule has 3 nitrogen and oxygen atoms in total. The van der Waals surface area contributed by atoms with Crippen LogP contribution in [-0.2, 0) is 9.53 Å². The molecule has 0 aromatic carbocycles. The van der Waals surface area contributed by atoms with Crippen LogP contribution in [0, 0.1) is 5.41 Å². The van der Waals surface area contributed by atoms with Crippen molar-refractivity contribution in [3.8, 4) is 0 Å². The van der Waals surface area contributed by atoms with Gasteiger partial charge >= 0.3 is 5.97 Å². The second-order valence-corrected chi connectivity index (χ2v) is 5.75. The lowest BCUT2D eigenvalue weighted by molar-refractivity contribution is -0.153. The lowest BCUT2D eigenvalue weighted by Crippen LogP contribution is -2.35. The normalized spacial score (nSPS) is 12.7. The van der Waals surface area contributed by atoms with Crippen molar-refractivity contribution < 1.29 is 9.53 Å². The number of carbonyl (C=O) groups excluding carboxylic acids is 1. The average molecular weight is 201 g/mol. The van der Waals surface area contributed by atoms with E-state index in [1.807, 2.05) is 20.8 Å². The van der Waals surface area contributed by atoms with E-state index in [1.165, 1.54) is 0 Å². The Balaban J connectivity index is 3.66. The predicted octanol–water partition coefficient (Wildman–Crippen LogP) is 1.96. The van der Waals surface area contributed by atoms with Gasteiger partial charge in [-0.05, 0) is 26.2 Å². The lowest BCUT2D eigenvalue weighted by atomic mass is 9.97. The van der Waals surface area contributed by atoms with E-state index in [1.54, 1.807) is 0 Å². The SMILES string of the molecule is CC(C)(C)CNCC(=O)OC(C)(C)C. The summed E-state index contributed by atoms with van der Waals surface area (Å²) < 4.78 is 5.15. The van der Waals surface area contributed by atoms with Crippen molar-refractivity contribution in [2.45, 2.75) is 47.1 Å². The standard InChI is InChI=1S/C11H23NO2/c1-10(2,3)8-12-7-9(13)14-11(4,5)6/h12H,7-8H2,1-6H3. The zero-order valence-corrected chi connectivity index (χ0v) is 10.2. The summed E-state index contributed by atoms with van der Waals surface area (Å²) in [7, 11) is 0. The van der Waals surface area contributed by atoms with Gasteiger partial charge in [-0.15, -0.1) is 0 Å². The first kappa shape index (κ1) is 13.4. The first-order chi connectivity index (χ1) is 6.10. The van der Waals surface area contributed by atoms with E-state index in [-0.39, 0.29) is 23.5 Å². The number of rotatable bonds is 3. The minimum atomic E-state index is -0.388. The van der Waals surface area contributed by atoms with Gasteiger partial charge in [-0.25, -0.2) is 0 Å². The summed E-state index contributed by atoms with van der Waals surface area (Å²) in [4.78, 5) is 11.3. The van der Waals surface area contributed by atoms with Crippen LogP contribution in [0.3, 0.4) is 0 Å². The number of ether oxygens (including phenoxy) is 1. The molecule has 0 saturated carbocycles. The third-order valence-electron chi connectivity index (χ3n) is 1.34. The number of carbonyl (C=O) groups is 1. The van der Waals surface area contributed by atoms with Crippen molar-refractivity contribution in [3.05, 3.63) is 0 Å². The van der Waals surface area contributed by atoms with E-state index in [2.05, 4.69) is 26.1 Å². The van der Waals surface area contributed by atoms with Gasteiger partial charge in [0, 0.05) is 6.54 Å². The number of hydrogen-bond acceptors (Lipinski definition) is 3. The average Bonchev–Trinajstić information content (AvgIpc) is 1.78. The van der Waals surface area contributed by atoms with E-state index in [0.717, 1.165) is 6.54 Å². The van der Waals surface area contributed by atoms with Gasteiger partial charge < -0.3 is 10.1 Å². The Bertz CT molecular complexity index is 186. The molecule has 3 heteroatoms. The van der Waals surface area contributed by atoms with E-state index >= 15 is 0 Å². The van der Waals surface area contributed by atoms with Gasteiger partial charge in [-0.3, -0.25) is 4.79 Å². The molecule has 14 heavy (non-hydrogen) atoms. The fraction of sp³-hybridized carbons (Fsp3) is 0.909. The zero-order chi connectivity index (χ0) is 11.4. The van der Waals surface area contributed by atoms with Gasteiger partial charge in [-0.1, -0.05) is 20.8 Å².